The number of aliphatic hydroxyl groups is 1. The Labute approximate surface area is 222 Å². The summed E-state index contributed by atoms with van der Waals surface area (Å²) in [6, 6.07) is 16.5. The SMILES string of the molecule is Cc1ccc(CSc2nnc(N3C(=O)C(=O)/C(=C(/O)c4cc(C)ccc4C)C3c3cccnc3)s2)cc1. The van der Waals surface area contributed by atoms with Gasteiger partial charge in [0.05, 0.1) is 11.6 Å². The van der Waals surface area contributed by atoms with Crippen LogP contribution in [-0.2, 0) is 15.3 Å². The number of benzene rings is 2. The fourth-order valence-electron chi connectivity index (χ4n) is 4.21. The third-order valence-electron chi connectivity index (χ3n) is 6.18. The number of aryl methyl sites for hydroxylation is 3. The van der Waals surface area contributed by atoms with E-state index in [0.717, 1.165) is 16.7 Å². The van der Waals surface area contributed by atoms with Crippen LogP contribution in [0.4, 0.5) is 5.13 Å². The first-order valence-corrected chi connectivity index (χ1v) is 13.4. The first kappa shape index (κ1) is 24.9. The van der Waals surface area contributed by atoms with Gasteiger partial charge in [0.1, 0.15) is 5.76 Å². The number of carbonyl (C=O) groups is 2. The molecule has 0 saturated carbocycles. The molecule has 3 heterocycles. The van der Waals surface area contributed by atoms with Crippen LogP contribution < -0.4 is 4.90 Å². The van der Waals surface area contributed by atoms with Gasteiger partial charge in [0.25, 0.3) is 5.78 Å². The summed E-state index contributed by atoms with van der Waals surface area (Å²) >= 11 is 2.75. The number of rotatable bonds is 6. The van der Waals surface area contributed by atoms with Gasteiger partial charge < -0.3 is 5.11 Å². The summed E-state index contributed by atoms with van der Waals surface area (Å²) in [4.78, 5) is 32.2. The summed E-state index contributed by atoms with van der Waals surface area (Å²) in [6.07, 6.45) is 3.21. The molecule has 1 saturated heterocycles. The van der Waals surface area contributed by atoms with E-state index in [9.17, 15) is 14.7 Å². The Hall–Kier alpha value is -3.82. The second-order valence-electron chi connectivity index (χ2n) is 8.90. The van der Waals surface area contributed by atoms with Gasteiger partial charge in [-0.05, 0) is 49.6 Å². The average molecular weight is 529 g/mol. The minimum atomic E-state index is -0.878. The molecule has 1 aliphatic rings. The van der Waals surface area contributed by atoms with Crippen molar-refractivity contribution in [3.63, 3.8) is 0 Å². The molecule has 37 heavy (non-hydrogen) atoms. The van der Waals surface area contributed by atoms with E-state index < -0.39 is 17.7 Å². The molecule has 0 spiro atoms. The largest absolute Gasteiger partial charge is 0.507 e. The number of hydrogen-bond donors (Lipinski definition) is 1. The lowest BCUT2D eigenvalue weighted by Crippen LogP contribution is -2.29. The van der Waals surface area contributed by atoms with Crippen LogP contribution in [-0.4, -0.2) is 32.0 Å². The maximum Gasteiger partial charge on any atom is 0.301 e. The summed E-state index contributed by atoms with van der Waals surface area (Å²) in [5.74, 6) is -1.04. The van der Waals surface area contributed by atoms with Crippen molar-refractivity contribution in [2.45, 2.75) is 36.9 Å². The number of Topliss-reactive ketones (excluding diaryl/α,β-unsaturated/α-hetero) is 1. The Morgan fingerprint density at radius 1 is 1.03 bits per heavy atom. The predicted octanol–water partition coefficient (Wildman–Crippen LogP) is 5.78. The molecular weight excluding hydrogens is 504 g/mol. The number of nitrogens with zero attached hydrogens (tertiary/aromatic N) is 4. The van der Waals surface area contributed by atoms with Crippen molar-refractivity contribution in [3.05, 3.63) is 106 Å². The topological polar surface area (TPSA) is 96.3 Å². The average Bonchev–Trinajstić information content (AvgIpc) is 3.47. The second-order valence-corrected chi connectivity index (χ2v) is 11.1. The summed E-state index contributed by atoms with van der Waals surface area (Å²) in [6.45, 7) is 5.80. The van der Waals surface area contributed by atoms with Gasteiger partial charge in [-0.1, -0.05) is 76.7 Å². The predicted molar refractivity (Wildman–Crippen MR) is 146 cm³/mol. The molecule has 0 bridgehead atoms. The fraction of sp³-hybridized carbons (Fsp3) is 0.179. The molecule has 7 nitrogen and oxygen atoms in total. The molecule has 1 fully saturated rings. The zero-order valence-corrected chi connectivity index (χ0v) is 22.1. The molecule has 9 heteroatoms. The molecule has 2 aromatic heterocycles. The van der Waals surface area contributed by atoms with E-state index in [1.807, 2.05) is 39.0 Å². The van der Waals surface area contributed by atoms with Gasteiger partial charge in [0, 0.05) is 23.7 Å². The molecular formula is C28H24N4O3S2. The quantitative estimate of drug-likeness (QED) is 0.111. The molecule has 0 aliphatic carbocycles. The van der Waals surface area contributed by atoms with Gasteiger partial charge in [0.15, 0.2) is 4.34 Å². The van der Waals surface area contributed by atoms with E-state index in [-0.39, 0.29) is 11.3 Å². The van der Waals surface area contributed by atoms with Crippen LogP contribution in [0.5, 0.6) is 0 Å². The minimum absolute atomic E-state index is 0.00996. The van der Waals surface area contributed by atoms with Gasteiger partial charge in [-0.15, -0.1) is 10.2 Å². The number of amides is 1. The molecule has 5 rings (SSSR count). The molecule has 1 N–H and O–H groups in total. The third-order valence-corrected chi connectivity index (χ3v) is 8.30. The van der Waals surface area contributed by atoms with E-state index in [2.05, 4.69) is 39.4 Å². The van der Waals surface area contributed by atoms with Gasteiger partial charge >= 0.3 is 5.91 Å². The van der Waals surface area contributed by atoms with E-state index in [1.54, 1.807) is 24.5 Å². The van der Waals surface area contributed by atoms with Crippen molar-refractivity contribution in [1.82, 2.24) is 15.2 Å². The lowest BCUT2D eigenvalue weighted by Gasteiger charge is -2.22. The van der Waals surface area contributed by atoms with E-state index in [0.29, 0.717) is 26.4 Å². The summed E-state index contributed by atoms with van der Waals surface area (Å²) in [5.41, 5.74) is 5.19. The van der Waals surface area contributed by atoms with Crippen molar-refractivity contribution in [2.24, 2.45) is 0 Å². The third kappa shape index (κ3) is 4.92. The molecule has 186 valence electrons. The molecule has 1 atom stereocenters. The standard InChI is InChI=1S/C28H24N4O3S2/c1-16-7-10-19(11-8-16)15-36-28-31-30-27(37-28)32-23(20-5-4-12-29-14-20)22(25(34)26(32)35)24(33)21-13-17(2)6-9-18(21)3/h4-14,23,33H,15H2,1-3H3/b24-22+. The van der Waals surface area contributed by atoms with E-state index in [1.165, 1.54) is 33.6 Å². The van der Waals surface area contributed by atoms with Gasteiger partial charge in [-0.3, -0.25) is 19.5 Å². The molecule has 2 aromatic carbocycles. The number of pyridine rings is 1. The number of anilines is 1. The fourth-order valence-corrected chi connectivity index (χ4v) is 6.03. The van der Waals surface area contributed by atoms with Crippen LogP contribution in [0.25, 0.3) is 5.76 Å². The van der Waals surface area contributed by atoms with Crippen molar-refractivity contribution in [2.75, 3.05) is 4.90 Å². The Kier molecular flexibility index (Phi) is 6.90. The lowest BCUT2D eigenvalue weighted by molar-refractivity contribution is -0.132. The van der Waals surface area contributed by atoms with Gasteiger partial charge in [0.2, 0.25) is 5.13 Å². The number of hydrogen-bond acceptors (Lipinski definition) is 8. The van der Waals surface area contributed by atoms with Crippen LogP contribution in [0, 0.1) is 20.8 Å². The zero-order valence-electron chi connectivity index (χ0n) is 20.5. The van der Waals surface area contributed by atoms with Crippen molar-refractivity contribution in [1.29, 1.82) is 0 Å². The number of aliphatic hydroxyl groups excluding tert-OH is 1. The van der Waals surface area contributed by atoms with Crippen molar-refractivity contribution >= 4 is 45.7 Å². The van der Waals surface area contributed by atoms with Crippen LogP contribution >= 0.6 is 23.1 Å². The number of aromatic nitrogens is 3. The number of ketones is 1. The highest BCUT2D eigenvalue weighted by Gasteiger charge is 2.48. The molecule has 1 amide bonds. The minimum Gasteiger partial charge on any atom is -0.507 e. The monoisotopic (exact) mass is 528 g/mol. The van der Waals surface area contributed by atoms with E-state index >= 15 is 0 Å². The second kappa shape index (κ2) is 10.3. The number of carbonyl (C=O) groups excluding carboxylic acids is 2. The van der Waals surface area contributed by atoms with E-state index in [4.69, 9.17) is 0 Å². The van der Waals surface area contributed by atoms with Crippen molar-refractivity contribution < 1.29 is 14.7 Å². The Morgan fingerprint density at radius 2 is 1.78 bits per heavy atom. The lowest BCUT2D eigenvalue weighted by atomic mass is 9.94. The maximum atomic E-state index is 13.4. The van der Waals surface area contributed by atoms with Crippen LogP contribution in [0.1, 0.15) is 39.4 Å². The highest BCUT2D eigenvalue weighted by Crippen LogP contribution is 2.44. The summed E-state index contributed by atoms with van der Waals surface area (Å²) < 4.78 is 0.678. The zero-order chi connectivity index (χ0) is 26.1. The van der Waals surface area contributed by atoms with Crippen LogP contribution in [0.2, 0.25) is 0 Å². The highest BCUT2D eigenvalue weighted by molar-refractivity contribution is 8.00. The highest BCUT2D eigenvalue weighted by atomic mass is 32.2. The molecule has 0 radical (unpaired) electrons. The Bertz CT molecular complexity index is 1510. The number of thioether (sulfide) groups is 1. The Morgan fingerprint density at radius 3 is 2.51 bits per heavy atom. The molecule has 1 aliphatic heterocycles. The summed E-state index contributed by atoms with van der Waals surface area (Å²) in [7, 11) is 0. The van der Waals surface area contributed by atoms with Crippen molar-refractivity contribution in [3.8, 4) is 0 Å². The first-order valence-electron chi connectivity index (χ1n) is 11.6. The van der Waals surface area contributed by atoms with Crippen LogP contribution in [0.3, 0.4) is 0 Å². The van der Waals surface area contributed by atoms with Gasteiger partial charge in [-0.2, -0.15) is 0 Å². The van der Waals surface area contributed by atoms with Gasteiger partial charge in [-0.25, -0.2) is 0 Å². The summed E-state index contributed by atoms with van der Waals surface area (Å²) in [5, 5.41) is 20.2. The normalized spacial score (nSPS) is 16.9. The maximum absolute atomic E-state index is 13.4. The Balaban J connectivity index is 1.54. The molecule has 4 aromatic rings. The first-order chi connectivity index (χ1) is 17.8. The molecule has 1 unspecified atom stereocenters. The van der Waals surface area contributed by atoms with Crippen LogP contribution in [0.15, 0.2) is 76.9 Å². The smallest absolute Gasteiger partial charge is 0.301 e.